The molecule has 132 valence electrons. The summed E-state index contributed by atoms with van der Waals surface area (Å²) in [6.45, 7) is 2.08. The number of methoxy groups -OCH3 is 1. The van der Waals surface area contributed by atoms with Crippen molar-refractivity contribution in [3.8, 4) is 5.75 Å². The second kappa shape index (κ2) is 8.11. The first-order chi connectivity index (χ1) is 12.7. The van der Waals surface area contributed by atoms with Crippen molar-refractivity contribution in [2.75, 3.05) is 17.7 Å². The SMILES string of the molecule is CCc1ccccc1Nc1nccc(C(=O)Nc2ccccc2OC)n1. The third-order valence-electron chi connectivity index (χ3n) is 3.89. The van der Waals surface area contributed by atoms with E-state index >= 15 is 0 Å². The molecule has 0 atom stereocenters. The molecule has 0 saturated carbocycles. The van der Waals surface area contributed by atoms with Crippen molar-refractivity contribution >= 4 is 23.2 Å². The van der Waals surface area contributed by atoms with E-state index in [4.69, 9.17) is 4.74 Å². The summed E-state index contributed by atoms with van der Waals surface area (Å²) in [5, 5.41) is 5.99. The number of carbonyl (C=O) groups excluding carboxylic acids is 1. The van der Waals surface area contributed by atoms with Crippen molar-refractivity contribution in [1.82, 2.24) is 9.97 Å². The first-order valence-corrected chi connectivity index (χ1v) is 8.33. The number of nitrogens with zero attached hydrogens (tertiary/aromatic N) is 2. The monoisotopic (exact) mass is 348 g/mol. The Morgan fingerprint density at radius 1 is 1.04 bits per heavy atom. The lowest BCUT2D eigenvalue weighted by Gasteiger charge is -2.11. The van der Waals surface area contributed by atoms with Crippen LogP contribution in [0.1, 0.15) is 23.0 Å². The average molecular weight is 348 g/mol. The second-order valence-corrected chi connectivity index (χ2v) is 5.56. The number of ether oxygens (including phenoxy) is 1. The van der Waals surface area contributed by atoms with Crippen LogP contribution in [0, 0.1) is 0 Å². The lowest BCUT2D eigenvalue weighted by Crippen LogP contribution is -2.15. The van der Waals surface area contributed by atoms with Gasteiger partial charge in [0.25, 0.3) is 5.91 Å². The Kier molecular flexibility index (Phi) is 5.43. The van der Waals surface area contributed by atoms with E-state index in [9.17, 15) is 4.79 Å². The molecular formula is C20H20N4O2. The highest BCUT2D eigenvalue weighted by atomic mass is 16.5. The van der Waals surface area contributed by atoms with Gasteiger partial charge in [-0.3, -0.25) is 4.79 Å². The number of hydrogen-bond acceptors (Lipinski definition) is 5. The third kappa shape index (κ3) is 3.97. The van der Waals surface area contributed by atoms with Crippen molar-refractivity contribution in [2.24, 2.45) is 0 Å². The van der Waals surface area contributed by atoms with Gasteiger partial charge in [0.2, 0.25) is 5.95 Å². The van der Waals surface area contributed by atoms with E-state index in [-0.39, 0.29) is 11.6 Å². The molecule has 0 spiro atoms. The molecule has 0 radical (unpaired) electrons. The largest absolute Gasteiger partial charge is 0.495 e. The number of rotatable bonds is 6. The van der Waals surface area contributed by atoms with Gasteiger partial charge in [-0.1, -0.05) is 37.3 Å². The topological polar surface area (TPSA) is 76.1 Å². The Bertz CT molecular complexity index is 912. The molecule has 1 aromatic heterocycles. The molecule has 3 rings (SSSR count). The van der Waals surface area contributed by atoms with Gasteiger partial charge in [-0.15, -0.1) is 0 Å². The summed E-state index contributed by atoms with van der Waals surface area (Å²) in [6.07, 6.45) is 2.44. The van der Waals surface area contributed by atoms with Gasteiger partial charge in [0.1, 0.15) is 11.4 Å². The molecule has 1 amide bonds. The number of carbonyl (C=O) groups is 1. The maximum Gasteiger partial charge on any atom is 0.274 e. The van der Waals surface area contributed by atoms with Gasteiger partial charge in [-0.25, -0.2) is 9.97 Å². The van der Waals surface area contributed by atoms with Crippen LogP contribution in [0.25, 0.3) is 0 Å². The summed E-state index contributed by atoms with van der Waals surface area (Å²) in [5.41, 5.74) is 2.93. The van der Waals surface area contributed by atoms with E-state index in [0.29, 0.717) is 17.4 Å². The zero-order chi connectivity index (χ0) is 18.4. The summed E-state index contributed by atoms with van der Waals surface area (Å²) >= 11 is 0. The number of anilines is 3. The van der Waals surface area contributed by atoms with Crippen LogP contribution in [0.2, 0.25) is 0 Å². The Balaban J connectivity index is 1.79. The molecule has 1 heterocycles. The van der Waals surface area contributed by atoms with Gasteiger partial charge >= 0.3 is 0 Å². The molecular weight excluding hydrogens is 328 g/mol. The first-order valence-electron chi connectivity index (χ1n) is 8.33. The van der Waals surface area contributed by atoms with Crippen LogP contribution in [0.5, 0.6) is 5.75 Å². The highest BCUT2D eigenvalue weighted by Crippen LogP contribution is 2.24. The zero-order valence-electron chi connectivity index (χ0n) is 14.7. The minimum absolute atomic E-state index is 0.266. The van der Waals surface area contributed by atoms with Gasteiger partial charge in [0.15, 0.2) is 0 Å². The molecule has 0 bridgehead atoms. The highest BCUT2D eigenvalue weighted by molar-refractivity contribution is 6.03. The predicted octanol–water partition coefficient (Wildman–Crippen LogP) is 4.04. The van der Waals surface area contributed by atoms with Crippen molar-refractivity contribution in [2.45, 2.75) is 13.3 Å². The summed E-state index contributed by atoms with van der Waals surface area (Å²) in [6, 6.07) is 16.7. The highest BCUT2D eigenvalue weighted by Gasteiger charge is 2.12. The quantitative estimate of drug-likeness (QED) is 0.703. The number of hydrogen-bond donors (Lipinski definition) is 2. The minimum atomic E-state index is -0.330. The smallest absolute Gasteiger partial charge is 0.274 e. The average Bonchev–Trinajstić information content (AvgIpc) is 2.69. The van der Waals surface area contributed by atoms with Crippen LogP contribution in [0.3, 0.4) is 0 Å². The summed E-state index contributed by atoms with van der Waals surface area (Å²) < 4.78 is 5.25. The normalized spacial score (nSPS) is 10.2. The molecule has 0 aliphatic heterocycles. The second-order valence-electron chi connectivity index (χ2n) is 5.56. The number of nitrogens with one attached hydrogen (secondary N) is 2. The summed E-state index contributed by atoms with van der Waals surface area (Å²) in [5.74, 6) is 0.632. The van der Waals surface area contributed by atoms with Gasteiger partial charge in [0, 0.05) is 11.9 Å². The fraction of sp³-hybridized carbons (Fsp3) is 0.150. The number of para-hydroxylation sites is 3. The van der Waals surface area contributed by atoms with Gasteiger partial charge in [-0.05, 0) is 36.2 Å². The molecule has 0 saturated heterocycles. The molecule has 0 aliphatic rings. The van der Waals surface area contributed by atoms with E-state index in [1.54, 1.807) is 31.5 Å². The van der Waals surface area contributed by atoms with Crippen molar-refractivity contribution in [3.63, 3.8) is 0 Å². The van der Waals surface area contributed by atoms with Crippen LogP contribution < -0.4 is 15.4 Å². The molecule has 26 heavy (non-hydrogen) atoms. The molecule has 2 N–H and O–H groups in total. The summed E-state index contributed by atoms with van der Waals surface area (Å²) in [4.78, 5) is 21.1. The molecule has 0 aliphatic carbocycles. The molecule has 3 aromatic rings. The summed E-state index contributed by atoms with van der Waals surface area (Å²) in [7, 11) is 1.56. The molecule has 6 heteroatoms. The van der Waals surface area contributed by atoms with Gasteiger partial charge in [-0.2, -0.15) is 0 Å². The maximum atomic E-state index is 12.5. The lowest BCUT2D eigenvalue weighted by atomic mass is 10.1. The minimum Gasteiger partial charge on any atom is -0.495 e. The predicted molar refractivity (Wildman–Crippen MR) is 102 cm³/mol. The van der Waals surface area contributed by atoms with Crippen LogP contribution >= 0.6 is 0 Å². The van der Waals surface area contributed by atoms with Crippen LogP contribution in [0.4, 0.5) is 17.3 Å². The van der Waals surface area contributed by atoms with Crippen LogP contribution in [-0.2, 0) is 6.42 Å². The number of benzene rings is 2. The molecule has 6 nitrogen and oxygen atoms in total. The number of aryl methyl sites for hydroxylation is 1. The fourth-order valence-corrected chi connectivity index (χ4v) is 2.55. The lowest BCUT2D eigenvalue weighted by molar-refractivity contribution is 0.102. The van der Waals surface area contributed by atoms with E-state index in [0.717, 1.165) is 17.7 Å². The Hall–Kier alpha value is -3.41. The van der Waals surface area contributed by atoms with Crippen molar-refractivity contribution in [1.29, 1.82) is 0 Å². The standard InChI is InChI=1S/C20H20N4O2/c1-3-14-8-4-5-9-15(14)23-20-21-13-12-17(24-20)19(25)22-16-10-6-7-11-18(16)26-2/h4-13H,3H2,1-2H3,(H,22,25)(H,21,23,24). The van der Waals surface area contributed by atoms with Gasteiger partial charge in [0.05, 0.1) is 12.8 Å². The first kappa shape index (κ1) is 17.4. The Morgan fingerprint density at radius 3 is 2.54 bits per heavy atom. The van der Waals surface area contributed by atoms with E-state index in [1.165, 1.54) is 0 Å². The van der Waals surface area contributed by atoms with Crippen LogP contribution in [0.15, 0.2) is 60.8 Å². The van der Waals surface area contributed by atoms with Gasteiger partial charge < -0.3 is 15.4 Å². The number of aromatic nitrogens is 2. The molecule has 2 aromatic carbocycles. The Labute approximate surface area is 152 Å². The van der Waals surface area contributed by atoms with E-state index < -0.39 is 0 Å². The molecule has 0 fully saturated rings. The maximum absolute atomic E-state index is 12.5. The van der Waals surface area contributed by atoms with E-state index in [2.05, 4.69) is 27.5 Å². The van der Waals surface area contributed by atoms with Crippen LogP contribution in [-0.4, -0.2) is 23.0 Å². The van der Waals surface area contributed by atoms with E-state index in [1.807, 2.05) is 36.4 Å². The van der Waals surface area contributed by atoms with Crippen molar-refractivity contribution in [3.05, 3.63) is 72.1 Å². The third-order valence-corrected chi connectivity index (χ3v) is 3.89. The Morgan fingerprint density at radius 2 is 1.77 bits per heavy atom. The number of amides is 1. The van der Waals surface area contributed by atoms with Crippen molar-refractivity contribution < 1.29 is 9.53 Å². The fourth-order valence-electron chi connectivity index (χ4n) is 2.55. The molecule has 0 unspecified atom stereocenters. The zero-order valence-corrected chi connectivity index (χ0v) is 14.7.